The third-order valence-electron chi connectivity index (χ3n) is 2.24. The smallest absolute Gasteiger partial charge is 0.0774 e. The number of rotatable bonds is 0. The van der Waals surface area contributed by atoms with Gasteiger partial charge in [0.05, 0.1) is 4.75 Å². The SMILES string of the molecule is C#CC1(C)CC(C)=C(C)CS1. The molecule has 0 N–H and O–H groups in total. The molecule has 0 nitrogen and oxygen atoms in total. The van der Waals surface area contributed by atoms with Crippen LogP contribution < -0.4 is 0 Å². The average molecular weight is 166 g/mol. The molecule has 1 aliphatic heterocycles. The van der Waals surface area contributed by atoms with Crippen molar-refractivity contribution < 1.29 is 0 Å². The molecular formula is C10H14S. The van der Waals surface area contributed by atoms with Gasteiger partial charge in [0.15, 0.2) is 0 Å². The van der Waals surface area contributed by atoms with Gasteiger partial charge < -0.3 is 0 Å². The molecule has 0 saturated heterocycles. The van der Waals surface area contributed by atoms with E-state index in [1.54, 1.807) is 0 Å². The lowest BCUT2D eigenvalue weighted by atomic mass is 9.98. The second-order valence-electron chi connectivity index (χ2n) is 3.40. The summed E-state index contributed by atoms with van der Waals surface area (Å²) >= 11 is 1.88. The number of hydrogen-bond donors (Lipinski definition) is 0. The van der Waals surface area contributed by atoms with Gasteiger partial charge in [-0.2, -0.15) is 0 Å². The van der Waals surface area contributed by atoms with Crippen LogP contribution in [-0.2, 0) is 0 Å². The van der Waals surface area contributed by atoms with E-state index < -0.39 is 0 Å². The predicted octanol–water partition coefficient (Wildman–Crippen LogP) is 2.85. The van der Waals surface area contributed by atoms with Crippen molar-refractivity contribution in [2.75, 3.05) is 5.75 Å². The van der Waals surface area contributed by atoms with Crippen LogP contribution in [0, 0.1) is 12.3 Å². The molecule has 0 aromatic heterocycles. The highest BCUT2D eigenvalue weighted by Gasteiger charge is 2.26. The van der Waals surface area contributed by atoms with Gasteiger partial charge in [0.1, 0.15) is 0 Å². The summed E-state index contributed by atoms with van der Waals surface area (Å²) in [6.07, 6.45) is 6.51. The van der Waals surface area contributed by atoms with Crippen LogP contribution in [0.5, 0.6) is 0 Å². The molecule has 1 rings (SSSR count). The summed E-state index contributed by atoms with van der Waals surface area (Å²) in [6.45, 7) is 6.52. The zero-order chi connectivity index (χ0) is 8.48. The van der Waals surface area contributed by atoms with Crippen LogP contribution in [0.2, 0.25) is 0 Å². The Hall–Kier alpha value is -0.350. The first-order valence-corrected chi connectivity index (χ1v) is 4.83. The second-order valence-corrected chi connectivity index (χ2v) is 4.88. The van der Waals surface area contributed by atoms with E-state index in [1.807, 2.05) is 11.8 Å². The van der Waals surface area contributed by atoms with Gasteiger partial charge in [-0.1, -0.05) is 17.1 Å². The Morgan fingerprint density at radius 1 is 1.45 bits per heavy atom. The number of thioether (sulfide) groups is 1. The van der Waals surface area contributed by atoms with Crippen LogP contribution in [0.4, 0.5) is 0 Å². The van der Waals surface area contributed by atoms with Crippen molar-refractivity contribution in [3.63, 3.8) is 0 Å². The Labute approximate surface area is 73.5 Å². The van der Waals surface area contributed by atoms with Crippen molar-refractivity contribution in [2.45, 2.75) is 31.9 Å². The van der Waals surface area contributed by atoms with E-state index in [0.29, 0.717) is 0 Å². The lowest BCUT2D eigenvalue weighted by Gasteiger charge is -2.29. The zero-order valence-corrected chi connectivity index (χ0v) is 8.22. The monoisotopic (exact) mass is 166 g/mol. The highest BCUT2D eigenvalue weighted by molar-refractivity contribution is 8.01. The third-order valence-corrected chi connectivity index (χ3v) is 3.72. The molecule has 0 radical (unpaired) electrons. The molecule has 1 heterocycles. The quantitative estimate of drug-likeness (QED) is 0.394. The van der Waals surface area contributed by atoms with Crippen LogP contribution in [-0.4, -0.2) is 10.5 Å². The first-order chi connectivity index (χ1) is 5.07. The molecule has 0 aliphatic carbocycles. The maximum absolute atomic E-state index is 5.45. The lowest BCUT2D eigenvalue weighted by Crippen LogP contribution is -2.22. The summed E-state index contributed by atoms with van der Waals surface area (Å²) in [4.78, 5) is 0. The van der Waals surface area contributed by atoms with Gasteiger partial charge in [0.25, 0.3) is 0 Å². The number of allylic oxidation sites excluding steroid dienone is 1. The summed E-state index contributed by atoms with van der Waals surface area (Å²) in [5.41, 5.74) is 2.98. The minimum absolute atomic E-state index is 0.0591. The molecule has 1 aliphatic rings. The topological polar surface area (TPSA) is 0 Å². The van der Waals surface area contributed by atoms with Crippen LogP contribution in [0.15, 0.2) is 11.1 Å². The van der Waals surface area contributed by atoms with Gasteiger partial charge in [-0.3, -0.25) is 0 Å². The van der Waals surface area contributed by atoms with Gasteiger partial charge in [-0.25, -0.2) is 0 Å². The molecule has 0 saturated carbocycles. The van der Waals surface area contributed by atoms with E-state index in [9.17, 15) is 0 Å². The molecule has 1 heteroatoms. The number of terminal acetylenes is 1. The van der Waals surface area contributed by atoms with Crippen LogP contribution in [0.3, 0.4) is 0 Å². The first kappa shape index (κ1) is 8.74. The normalized spacial score (nSPS) is 31.8. The Morgan fingerprint density at radius 3 is 2.55 bits per heavy atom. The van der Waals surface area contributed by atoms with E-state index in [4.69, 9.17) is 6.42 Å². The summed E-state index contributed by atoms with van der Waals surface area (Å²) in [5, 5.41) is 0. The fraction of sp³-hybridized carbons (Fsp3) is 0.600. The minimum atomic E-state index is 0.0591. The molecule has 0 spiro atoms. The highest BCUT2D eigenvalue weighted by Crippen LogP contribution is 2.37. The van der Waals surface area contributed by atoms with Crippen molar-refractivity contribution in [1.29, 1.82) is 0 Å². The molecular weight excluding hydrogens is 152 g/mol. The Kier molecular flexibility index (Phi) is 2.34. The molecule has 0 aromatic carbocycles. The molecule has 11 heavy (non-hydrogen) atoms. The zero-order valence-electron chi connectivity index (χ0n) is 7.40. The summed E-state index contributed by atoms with van der Waals surface area (Å²) in [6, 6.07) is 0. The summed E-state index contributed by atoms with van der Waals surface area (Å²) < 4.78 is 0.0591. The second kappa shape index (κ2) is 2.95. The molecule has 0 aromatic rings. The van der Waals surface area contributed by atoms with Gasteiger partial charge in [0, 0.05) is 5.75 Å². The highest BCUT2D eigenvalue weighted by atomic mass is 32.2. The first-order valence-electron chi connectivity index (χ1n) is 3.84. The van der Waals surface area contributed by atoms with Gasteiger partial charge in [-0.05, 0) is 27.2 Å². The van der Waals surface area contributed by atoms with Gasteiger partial charge >= 0.3 is 0 Å². The maximum atomic E-state index is 5.45. The standard InChI is InChI=1S/C10H14S/c1-5-10(4)6-8(2)9(3)7-11-10/h1H,6-7H2,2-4H3. The van der Waals surface area contributed by atoms with Crippen molar-refractivity contribution >= 4 is 11.8 Å². The van der Waals surface area contributed by atoms with E-state index in [-0.39, 0.29) is 4.75 Å². The van der Waals surface area contributed by atoms with E-state index in [1.165, 1.54) is 11.1 Å². The molecule has 1 atom stereocenters. The van der Waals surface area contributed by atoms with E-state index >= 15 is 0 Å². The van der Waals surface area contributed by atoms with Gasteiger partial charge in [0.2, 0.25) is 0 Å². The molecule has 0 fully saturated rings. The Bertz CT molecular complexity index is 232. The molecule has 0 bridgehead atoms. The molecule has 60 valence electrons. The third kappa shape index (κ3) is 1.81. The Balaban J connectivity index is 2.81. The lowest BCUT2D eigenvalue weighted by molar-refractivity contribution is 0.779. The Morgan fingerprint density at radius 2 is 2.09 bits per heavy atom. The average Bonchev–Trinajstić information content (AvgIpc) is 1.98. The predicted molar refractivity (Wildman–Crippen MR) is 52.7 cm³/mol. The largest absolute Gasteiger partial charge is 0.138 e. The van der Waals surface area contributed by atoms with Crippen molar-refractivity contribution in [3.8, 4) is 12.3 Å². The fourth-order valence-corrected chi connectivity index (χ4v) is 2.37. The minimum Gasteiger partial charge on any atom is -0.138 e. The fourth-order valence-electron chi connectivity index (χ4n) is 1.19. The van der Waals surface area contributed by atoms with Crippen LogP contribution in [0.1, 0.15) is 27.2 Å². The van der Waals surface area contributed by atoms with E-state index in [2.05, 4.69) is 26.7 Å². The maximum Gasteiger partial charge on any atom is 0.0774 e. The van der Waals surface area contributed by atoms with Crippen molar-refractivity contribution in [3.05, 3.63) is 11.1 Å². The van der Waals surface area contributed by atoms with Crippen LogP contribution in [0.25, 0.3) is 0 Å². The van der Waals surface area contributed by atoms with Gasteiger partial charge in [-0.15, -0.1) is 18.2 Å². The molecule has 0 amide bonds. The van der Waals surface area contributed by atoms with Crippen molar-refractivity contribution in [1.82, 2.24) is 0 Å². The van der Waals surface area contributed by atoms with Crippen LogP contribution >= 0.6 is 11.8 Å². The molecule has 1 unspecified atom stereocenters. The number of hydrogen-bond acceptors (Lipinski definition) is 1. The summed E-state index contributed by atoms with van der Waals surface area (Å²) in [5.74, 6) is 3.96. The van der Waals surface area contributed by atoms with Crippen molar-refractivity contribution in [2.24, 2.45) is 0 Å². The van der Waals surface area contributed by atoms with E-state index in [0.717, 1.165) is 12.2 Å². The summed E-state index contributed by atoms with van der Waals surface area (Å²) in [7, 11) is 0.